The highest BCUT2D eigenvalue weighted by Crippen LogP contribution is 2.20. The van der Waals surface area contributed by atoms with Gasteiger partial charge in [0.15, 0.2) is 0 Å². The van der Waals surface area contributed by atoms with Crippen LogP contribution in [-0.2, 0) is 0 Å². The lowest BCUT2D eigenvalue weighted by atomic mass is 10.2. The SMILES string of the molecule is CSCCN(C)C(=O)c1ccc(N)c(Cl)c1. The molecular formula is C11H15ClN2OS. The van der Waals surface area contributed by atoms with Crippen LogP contribution in [0.25, 0.3) is 0 Å². The van der Waals surface area contributed by atoms with Crippen molar-refractivity contribution in [2.24, 2.45) is 0 Å². The smallest absolute Gasteiger partial charge is 0.253 e. The van der Waals surface area contributed by atoms with Gasteiger partial charge < -0.3 is 10.6 Å². The average molecular weight is 259 g/mol. The Morgan fingerprint density at radius 3 is 2.81 bits per heavy atom. The molecular weight excluding hydrogens is 244 g/mol. The summed E-state index contributed by atoms with van der Waals surface area (Å²) in [6, 6.07) is 4.95. The number of halogens is 1. The number of rotatable bonds is 4. The Kier molecular flexibility index (Phi) is 4.96. The lowest BCUT2D eigenvalue weighted by Gasteiger charge is -2.16. The van der Waals surface area contributed by atoms with Crippen LogP contribution in [0.2, 0.25) is 5.02 Å². The van der Waals surface area contributed by atoms with Gasteiger partial charge in [-0.1, -0.05) is 11.6 Å². The highest BCUT2D eigenvalue weighted by molar-refractivity contribution is 7.98. The molecule has 1 rings (SSSR count). The monoisotopic (exact) mass is 258 g/mol. The summed E-state index contributed by atoms with van der Waals surface area (Å²) in [7, 11) is 1.78. The van der Waals surface area contributed by atoms with E-state index in [-0.39, 0.29) is 5.91 Å². The molecule has 16 heavy (non-hydrogen) atoms. The summed E-state index contributed by atoms with van der Waals surface area (Å²) in [6.07, 6.45) is 2.01. The minimum atomic E-state index is -0.0315. The standard InChI is InChI=1S/C11H15ClN2OS/c1-14(5-6-16-2)11(15)8-3-4-10(13)9(12)7-8/h3-4,7H,5-6,13H2,1-2H3. The van der Waals surface area contributed by atoms with E-state index in [2.05, 4.69) is 0 Å². The van der Waals surface area contributed by atoms with Crippen molar-refractivity contribution in [2.75, 3.05) is 31.3 Å². The maximum absolute atomic E-state index is 11.9. The lowest BCUT2D eigenvalue weighted by molar-refractivity contribution is 0.0804. The van der Waals surface area contributed by atoms with Gasteiger partial charge in [0, 0.05) is 24.9 Å². The van der Waals surface area contributed by atoms with Crippen LogP contribution in [0.1, 0.15) is 10.4 Å². The second-order valence-corrected chi connectivity index (χ2v) is 4.85. The van der Waals surface area contributed by atoms with Crippen LogP contribution in [0.5, 0.6) is 0 Å². The van der Waals surface area contributed by atoms with Crippen LogP contribution in [0.4, 0.5) is 5.69 Å². The van der Waals surface area contributed by atoms with Crippen LogP contribution in [0.15, 0.2) is 18.2 Å². The van der Waals surface area contributed by atoms with E-state index >= 15 is 0 Å². The number of anilines is 1. The van der Waals surface area contributed by atoms with Crippen molar-refractivity contribution >= 4 is 35.0 Å². The van der Waals surface area contributed by atoms with Crippen molar-refractivity contribution in [3.63, 3.8) is 0 Å². The maximum atomic E-state index is 11.9. The number of amides is 1. The highest BCUT2D eigenvalue weighted by Gasteiger charge is 2.12. The first-order valence-corrected chi connectivity index (χ1v) is 6.63. The zero-order chi connectivity index (χ0) is 12.1. The molecule has 0 fully saturated rings. The Balaban J connectivity index is 2.76. The molecule has 0 unspecified atom stereocenters. The van der Waals surface area contributed by atoms with E-state index in [1.165, 1.54) is 0 Å². The number of benzene rings is 1. The predicted octanol–water partition coefficient (Wildman–Crippen LogP) is 2.36. The number of nitrogens with zero attached hydrogens (tertiary/aromatic N) is 1. The van der Waals surface area contributed by atoms with Crippen molar-refractivity contribution in [2.45, 2.75) is 0 Å². The van der Waals surface area contributed by atoms with Gasteiger partial charge in [0.05, 0.1) is 10.7 Å². The molecule has 0 saturated carbocycles. The summed E-state index contributed by atoms with van der Waals surface area (Å²) >= 11 is 7.58. The quantitative estimate of drug-likeness (QED) is 0.844. The van der Waals surface area contributed by atoms with Gasteiger partial charge in [0.1, 0.15) is 0 Å². The zero-order valence-corrected chi connectivity index (χ0v) is 10.9. The van der Waals surface area contributed by atoms with Gasteiger partial charge in [0.2, 0.25) is 0 Å². The van der Waals surface area contributed by atoms with Crippen molar-refractivity contribution in [1.29, 1.82) is 0 Å². The van der Waals surface area contributed by atoms with Crippen molar-refractivity contribution in [3.05, 3.63) is 28.8 Å². The summed E-state index contributed by atoms with van der Waals surface area (Å²) < 4.78 is 0. The molecule has 5 heteroatoms. The number of hydrogen-bond donors (Lipinski definition) is 1. The normalized spacial score (nSPS) is 10.2. The van der Waals surface area contributed by atoms with E-state index in [9.17, 15) is 4.79 Å². The zero-order valence-electron chi connectivity index (χ0n) is 9.37. The molecule has 0 bridgehead atoms. The van der Waals surface area contributed by atoms with Gasteiger partial charge in [-0.05, 0) is 24.5 Å². The number of thioether (sulfide) groups is 1. The van der Waals surface area contributed by atoms with Crippen LogP contribution < -0.4 is 5.73 Å². The fourth-order valence-electron chi connectivity index (χ4n) is 1.21. The van der Waals surface area contributed by atoms with Crippen LogP contribution in [0.3, 0.4) is 0 Å². The van der Waals surface area contributed by atoms with Gasteiger partial charge in [0.25, 0.3) is 5.91 Å². The van der Waals surface area contributed by atoms with Crippen molar-refractivity contribution in [1.82, 2.24) is 4.90 Å². The molecule has 0 heterocycles. The topological polar surface area (TPSA) is 46.3 Å². The molecule has 0 aromatic heterocycles. The summed E-state index contributed by atoms with van der Waals surface area (Å²) in [5, 5.41) is 0.420. The van der Waals surface area contributed by atoms with Gasteiger partial charge in [-0.2, -0.15) is 11.8 Å². The van der Waals surface area contributed by atoms with Crippen molar-refractivity contribution in [3.8, 4) is 0 Å². The van der Waals surface area contributed by atoms with Crippen LogP contribution in [-0.4, -0.2) is 36.4 Å². The highest BCUT2D eigenvalue weighted by atomic mass is 35.5. The van der Waals surface area contributed by atoms with E-state index in [0.717, 1.165) is 12.3 Å². The second kappa shape index (κ2) is 6.01. The second-order valence-electron chi connectivity index (χ2n) is 3.46. The minimum absolute atomic E-state index is 0.0315. The summed E-state index contributed by atoms with van der Waals surface area (Å²) in [5.74, 6) is 0.890. The predicted molar refractivity (Wildman–Crippen MR) is 71.2 cm³/mol. The van der Waals surface area contributed by atoms with E-state index in [0.29, 0.717) is 16.3 Å². The number of carbonyl (C=O) groups is 1. The number of nitrogens with two attached hydrogens (primary N) is 1. The number of hydrogen-bond acceptors (Lipinski definition) is 3. The first-order valence-electron chi connectivity index (χ1n) is 4.85. The summed E-state index contributed by atoms with van der Waals surface area (Å²) in [4.78, 5) is 13.6. The molecule has 0 atom stereocenters. The Morgan fingerprint density at radius 1 is 1.56 bits per heavy atom. The lowest BCUT2D eigenvalue weighted by Crippen LogP contribution is -2.28. The third-order valence-electron chi connectivity index (χ3n) is 2.22. The fourth-order valence-corrected chi connectivity index (χ4v) is 1.85. The summed E-state index contributed by atoms with van der Waals surface area (Å²) in [5.41, 5.74) is 6.65. The van der Waals surface area contributed by atoms with E-state index < -0.39 is 0 Å². The maximum Gasteiger partial charge on any atom is 0.253 e. The molecule has 0 aliphatic heterocycles. The molecule has 1 aromatic rings. The van der Waals surface area contributed by atoms with E-state index in [1.54, 1.807) is 41.9 Å². The molecule has 2 N–H and O–H groups in total. The Morgan fingerprint density at radius 2 is 2.25 bits per heavy atom. The van der Waals surface area contributed by atoms with Crippen LogP contribution >= 0.6 is 23.4 Å². The molecule has 88 valence electrons. The van der Waals surface area contributed by atoms with E-state index in [4.69, 9.17) is 17.3 Å². The van der Waals surface area contributed by atoms with Gasteiger partial charge in [-0.3, -0.25) is 4.79 Å². The molecule has 0 aliphatic carbocycles. The van der Waals surface area contributed by atoms with Crippen LogP contribution in [0, 0.1) is 0 Å². The molecule has 0 saturated heterocycles. The molecule has 0 aliphatic rings. The Labute approximate surface area is 105 Å². The average Bonchev–Trinajstić information content (AvgIpc) is 2.28. The molecule has 3 nitrogen and oxygen atoms in total. The molecule has 1 aromatic carbocycles. The van der Waals surface area contributed by atoms with Crippen molar-refractivity contribution < 1.29 is 4.79 Å². The minimum Gasteiger partial charge on any atom is -0.398 e. The molecule has 0 radical (unpaired) electrons. The molecule has 0 spiro atoms. The first kappa shape index (κ1) is 13.2. The summed E-state index contributed by atoms with van der Waals surface area (Å²) in [6.45, 7) is 0.724. The van der Waals surface area contributed by atoms with Gasteiger partial charge in [-0.25, -0.2) is 0 Å². The number of carbonyl (C=O) groups excluding carboxylic acids is 1. The Hall–Kier alpha value is -0.870. The van der Waals surface area contributed by atoms with Gasteiger partial charge >= 0.3 is 0 Å². The Bertz CT molecular complexity index is 384. The fraction of sp³-hybridized carbons (Fsp3) is 0.364. The number of nitrogen functional groups attached to an aromatic ring is 1. The van der Waals surface area contributed by atoms with Gasteiger partial charge in [-0.15, -0.1) is 0 Å². The third kappa shape index (κ3) is 3.32. The molecule has 1 amide bonds. The van der Waals surface area contributed by atoms with E-state index in [1.807, 2.05) is 6.26 Å². The third-order valence-corrected chi connectivity index (χ3v) is 3.14. The first-order chi connectivity index (χ1) is 7.56. The largest absolute Gasteiger partial charge is 0.398 e.